The molecule has 1 aliphatic rings. The number of nitrogens with one attached hydrogen (secondary N) is 2. The molecule has 0 bridgehead atoms. The predicted molar refractivity (Wildman–Crippen MR) is 64.6 cm³/mol. The number of hydrogen-bond donors (Lipinski definition) is 2. The molecule has 2 aromatic rings. The number of amides is 1. The first-order valence-electron chi connectivity index (χ1n) is 5.40. The standard InChI is InChI=1S/C12H12N4O/c1-16-7-6-10(15-16)14-11-8-4-2-3-5-9(8)13-12(11)17/h2-7,11H,1H3,(H,13,17)(H,14,15). The third-order valence-electron chi connectivity index (χ3n) is 2.80. The quantitative estimate of drug-likeness (QED) is 0.819. The van der Waals surface area contributed by atoms with Gasteiger partial charge in [0.25, 0.3) is 5.91 Å². The van der Waals surface area contributed by atoms with Gasteiger partial charge in [0.05, 0.1) is 0 Å². The van der Waals surface area contributed by atoms with E-state index in [1.54, 1.807) is 4.68 Å². The van der Waals surface area contributed by atoms with E-state index in [9.17, 15) is 4.79 Å². The number of aromatic nitrogens is 2. The molecule has 86 valence electrons. The molecule has 0 saturated heterocycles. The van der Waals surface area contributed by atoms with Crippen molar-refractivity contribution in [2.24, 2.45) is 7.05 Å². The Morgan fingerprint density at radius 3 is 2.94 bits per heavy atom. The molecule has 1 amide bonds. The van der Waals surface area contributed by atoms with Crippen molar-refractivity contribution in [2.45, 2.75) is 6.04 Å². The summed E-state index contributed by atoms with van der Waals surface area (Å²) in [5, 5.41) is 10.2. The SMILES string of the molecule is Cn1ccc(NC2C(=O)Nc3ccccc32)n1. The van der Waals surface area contributed by atoms with Crippen LogP contribution >= 0.6 is 0 Å². The second-order valence-electron chi connectivity index (χ2n) is 4.03. The van der Waals surface area contributed by atoms with Crippen LogP contribution in [0, 0.1) is 0 Å². The molecule has 2 heterocycles. The Bertz CT molecular complexity index is 575. The highest BCUT2D eigenvalue weighted by Gasteiger charge is 2.30. The number of aryl methyl sites for hydroxylation is 1. The Balaban J connectivity index is 1.91. The molecule has 5 heteroatoms. The summed E-state index contributed by atoms with van der Waals surface area (Å²) in [5.41, 5.74) is 1.83. The highest BCUT2D eigenvalue weighted by Crippen LogP contribution is 2.32. The third-order valence-corrected chi connectivity index (χ3v) is 2.80. The van der Waals surface area contributed by atoms with Crippen LogP contribution < -0.4 is 10.6 Å². The molecular weight excluding hydrogens is 216 g/mol. The summed E-state index contributed by atoms with van der Waals surface area (Å²) in [6.07, 6.45) is 1.83. The molecule has 1 atom stereocenters. The van der Waals surface area contributed by atoms with E-state index in [1.165, 1.54) is 0 Å². The maximum absolute atomic E-state index is 11.8. The van der Waals surface area contributed by atoms with Gasteiger partial charge in [-0.1, -0.05) is 18.2 Å². The largest absolute Gasteiger partial charge is 0.353 e. The molecule has 0 saturated carbocycles. The summed E-state index contributed by atoms with van der Waals surface area (Å²) in [7, 11) is 1.84. The first-order chi connectivity index (χ1) is 8.24. The molecule has 3 rings (SSSR count). The van der Waals surface area contributed by atoms with Crippen LogP contribution in [0.4, 0.5) is 11.5 Å². The lowest BCUT2D eigenvalue weighted by atomic mass is 10.1. The summed E-state index contributed by atoms with van der Waals surface area (Å²) in [5.74, 6) is 0.654. The fraction of sp³-hybridized carbons (Fsp3) is 0.167. The van der Waals surface area contributed by atoms with Gasteiger partial charge in [0.1, 0.15) is 11.9 Å². The van der Waals surface area contributed by atoms with Crippen LogP contribution in [0.3, 0.4) is 0 Å². The smallest absolute Gasteiger partial charge is 0.251 e. The maximum Gasteiger partial charge on any atom is 0.251 e. The van der Waals surface area contributed by atoms with Crippen molar-refractivity contribution in [3.05, 3.63) is 42.1 Å². The average Bonchev–Trinajstić information content (AvgIpc) is 2.85. The fourth-order valence-electron chi connectivity index (χ4n) is 1.99. The minimum absolute atomic E-state index is 0.0446. The molecule has 1 aromatic heterocycles. The van der Waals surface area contributed by atoms with E-state index >= 15 is 0 Å². The van der Waals surface area contributed by atoms with E-state index in [1.807, 2.05) is 43.6 Å². The minimum Gasteiger partial charge on any atom is -0.353 e. The van der Waals surface area contributed by atoms with Crippen LogP contribution in [0.1, 0.15) is 11.6 Å². The lowest BCUT2D eigenvalue weighted by Crippen LogP contribution is -2.19. The van der Waals surface area contributed by atoms with Crippen LogP contribution in [0.15, 0.2) is 36.5 Å². The van der Waals surface area contributed by atoms with Gasteiger partial charge in [0.2, 0.25) is 0 Å². The lowest BCUT2D eigenvalue weighted by Gasteiger charge is -2.09. The molecule has 0 radical (unpaired) electrons. The Morgan fingerprint density at radius 1 is 1.35 bits per heavy atom. The van der Waals surface area contributed by atoms with Gasteiger partial charge in [-0.05, 0) is 6.07 Å². The molecule has 0 aliphatic carbocycles. The number of para-hydroxylation sites is 1. The molecule has 5 nitrogen and oxygen atoms in total. The van der Waals surface area contributed by atoms with Gasteiger partial charge < -0.3 is 10.6 Å². The number of hydrogen-bond acceptors (Lipinski definition) is 3. The highest BCUT2D eigenvalue weighted by molar-refractivity contribution is 6.04. The van der Waals surface area contributed by atoms with E-state index in [0.717, 1.165) is 11.3 Å². The first-order valence-corrected chi connectivity index (χ1v) is 5.40. The van der Waals surface area contributed by atoms with Gasteiger partial charge in [0, 0.05) is 30.6 Å². The predicted octanol–water partition coefficient (Wildman–Crippen LogP) is 1.53. The Hall–Kier alpha value is -2.30. The highest BCUT2D eigenvalue weighted by atomic mass is 16.2. The number of nitrogens with zero attached hydrogens (tertiary/aromatic N) is 2. The number of fused-ring (bicyclic) bond motifs is 1. The van der Waals surface area contributed by atoms with E-state index < -0.39 is 0 Å². The van der Waals surface area contributed by atoms with Gasteiger partial charge in [-0.15, -0.1) is 0 Å². The molecule has 2 N–H and O–H groups in total. The van der Waals surface area contributed by atoms with E-state index in [2.05, 4.69) is 15.7 Å². The summed E-state index contributed by atoms with van der Waals surface area (Å²) in [4.78, 5) is 11.8. The van der Waals surface area contributed by atoms with Crippen molar-refractivity contribution in [1.29, 1.82) is 0 Å². The zero-order chi connectivity index (χ0) is 11.8. The van der Waals surface area contributed by atoms with Crippen molar-refractivity contribution in [1.82, 2.24) is 9.78 Å². The minimum atomic E-state index is -0.360. The fourth-order valence-corrected chi connectivity index (χ4v) is 1.99. The van der Waals surface area contributed by atoms with E-state index in [4.69, 9.17) is 0 Å². The lowest BCUT2D eigenvalue weighted by molar-refractivity contribution is -0.116. The molecular formula is C12H12N4O. The second-order valence-corrected chi connectivity index (χ2v) is 4.03. The first kappa shape index (κ1) is 9.89. The number of carbonyl (C=O) groups excluding carboxylic acids is 1. The molecule has 0 spiro atoms. The topological polar surface area (TPSA) is 59.0 Å². The Labute approximate surface area is 98.4 Å². The molecule has 17 heavy (non-hydrogen) atoms. The van der Waals surface area contributed by atoms with Crippen LogP contribution in [-0.4, -0.2) is 15.7 Å². The van der Waals surface area contributed by atoms with Crippen molar-refractivity contribution < 1.29 is 4.79 Å². The number of benzene rings is 1. The summed E-state index contributed by atoms with van der Waals surface area (Å²) >= 11 is 0. The van der Waals surface area contributed by atoms with Gasteiger partial charge in [0.15, 0.2) is 0 Å². The van der Waals surface area contributed by atoms with E-state index in [0.29, 0.717) is 5.82 Å². The Morgan fingerprint density at radius 2 is 2.18 bits per heavy atom. The normalized spacial score (nSPS) is 17.7. The zero-order valence-electron chi connectivity index (χ0n) is 9.34. The van der Waals surface area contributed by atoms with Crippen LogP contribution in [0.5, 0.6) is 0 Å². The van der Waals surface area contributed by atoms with Gasteiger partial charge in [-0.3, -0.25) is 9.48 Å². The molecule has 1 unspecified atom stereocenters. The zero-order valence-corrected chi connectivity index (χ0v) is 9.34. The van der Waals surface area contributed by atoms with Crippen molar-refractivity contribution in [3.8, 4) is 0 Å². The Kier molecular flexibility index (Phi) is 2.11. The number of anilines is 2. The number of carbonyl (C=O) groups is 1. The third kappa shape index (κ3) is 1.65. The van der Waals surface area contributed by atoms with Crippen molar-refractivity contribution in [2.75, 3.05) is 10.6 Å². The van der Waals surface area contributed by atoms with Crippen LogP contribution in [-0.2, 0) is 11.8 Å². The molecule has 0 fully saturated rings. The van der Waals surface area contributed by atoms with Gasteiger partial charge in [-0.25, -0.2) is 0 Å². The molecule has 1 aliphatic heterocycles. The average molecular weight is 228 g/mol. The van der Waals surface area contributed by atoms with Crippen molar-refractivity contribution >= 4 is 17.4 Å². The van der Waals surface area contributed by atoms with Gasteiger partial charge in [-0.2, -0.15) is 5.10 Å². The summed E-state index contributed by atoms with van der Waals surface area (Å²) in [6, 6.07) is 9.14. The monoisotopic (exact) mass is 228 g/mol. The van der Waals surface area contributed by atoms with E-state index in [-0.39, 0.29) is 11.9 Å². The second kappa shape index (κ2) is 3.62. The number of rotatable bonds is 2. The maximum atomic E-state index is 11.8. The van der Waals surface area contributed by atoms with Crippen molar-refractivity contribution in [3.63, 3.8) is 0 Å². The van der Waals surface area contributed by atoms with Crippen LogP contribution in [0.2, 0.25) is 0 Å². The summed E-state index contributed by atoms with van der Waals surface area (Å²) in [6.45, 7) is 0. The summed E-state index contributed by atoms with van der Waals surface area (Å²) < 4.78 is 1.70. The van der Waals surface area contributed by atoms with Crippen LogP contribution in [0.25, 0.3) is 0 Å². The van der Waals surface area contributed by atoms with Gasteiger partial charge >= 0.3 is 0 Å². The molecule has 1 aromatic carbocycles.